The lowest BCUT2D eigenvalue weighted by Crippen LogP contribution is -2.36. The molecular formula is C7H13N3O2. The van der Waals surface area contributed by atoms with E-state index < -0.39 is 0 Å². The van der Waals surface area contributed by atoms with Crippen LogP contribution in [0.15, 0.2) is 0 Å². The number of rotatable bonds is 3. The maximum absolute atomic E-state index is 11.3. The molecule has 1 heterocycles. The van der Waals surface area contributed by atoms with Gasteiger partial charge >= 0.3 is 6.03 Å². The molecule has 12 heavy (non-hydrogen) atoms. The molecule has 5 nitrogen and oxygen atoms in total. The van der Waals surface area contributed by atoms with Crippen molar-refractivity contribution in [3.8, 4) is 0 Å². The van der Waals surface area contributed by atoms with Crippen molar-refractivity contribution in [1.29, 1.82) is 0 Å². The molecule has 5 heteroatoms. The molecule has 0 aliphatic carbocycles. The molecule has 0 saturated carbocycles. The first-order chi connectivity index (χ1) is 5.70. The van der Waals surface area contributed by atoms with E-state index in [2.05, 4.69) is 0 Å². The third-order valence-electron chi connectivity index (χ3n) is 1.86. The van der Waals surface area contributed by atoms with Crippen LogP contribution in [-0.2, 0) is 4.79 Å². The summed E-state index contributed by atoms with van der Waals surface area (Å²) in [5.41, 5.74) is 5.26. The van der Waals surface area contributed by atoms with Crippen LogP contribution < -0.4 is 5.73 Å². The SMILES string of the molecule is CCN1CC(=O)N(CCN)C1=O. The predicted molar refractivity (Wildman–Crippen MR) is 43.4 cm³/mol. The van der Waals surface area contributed by atoms with Crippen LogP contribution in [0.4, 0.5) is 4.79 Å². The Balaban J connectivity index is 2.64. The zero-order valence-corrected chi connectivity index (χ0v) is 7.12. The molecule has 1 aliphatic heterocycles. The van der Waals surface area contributed by atoms with Gasteiger partial charge in [-0.3, -0.25) is 9.69 Å². The van der Waals surface area contributed by atoms with Crippen molar-refractivity contribution in [2.24, 2.45) is 5.73 Å². The van der Waals surface area contributed by atoms with E-state index in [1.807, 2.05) is 6.92 Å². The summed E-state index contributed by atoms with van der Waals surface area (Å²) in [6.07, 6.45) is 0. The third kappa shape index (κ3) is 1.40. The Morgan fingerprint density at radius 3 is 2.58 bits per heavy atom. The summed E-state index contributed by atoms with van der Waals surface area (Å²) in [6, 6.07) is -0.215. The summed E-state index contributed by atoms with van der Waals surface area (Å²) in [5.74, 6) is -0.146. The smallest absolute Gasteiger partial charge is 0.327 e. The van der Waals surface area contributed by atoms with Gasteiger partial charge in [-0.15, -0.1) is 0 Å². The number of carbonyl (C=O) groups excluding carboxylic acids is 2. The average Bonchev–Trinajstić information content (AvgIpc) is 2.32. The lowest BCUT2D eigenvalue weighted by atomic mass is 10.5. The Bertz CT molecular complexity index is 205. The molecular weight excluding hydrogens is 158 g/mol. The Labute approximate surface area is 71.1 Å². The van der Waals surface area contributed by atoms with Crippen LogP contribution in [0.3, 0.4) is 0 Å². The minimum absolute atomic E-state index is 0.146. The molecule has 0 bridgehead atoms. The third-order valence-corrected chi connectivity index (χ3v) is 1.86. The first-order valence-electron chi connectivity index (χ1n) is 4.00. The first kappa shape index (κ1) is 8.99. The van der Waals surface area contributed by atoms with Gasteiger partial charge in [0.05, 0.1) is 0 Å². The topological polar surface area (TPSA) is 66.6 Å². The number of hydrogen-bond donors (Lipinski definition) is 1. The molecule has 0 atom stereocenters. The lowest BCUT2D eigenvalue weighted by molar-refractivity contribution is -0.125. The molecule has 0 aromatic rings. The van der Waals surface area contributed by atoms with E-state index in [0.29, 0.717) is 19.6 Å². The van der Waals surface area contributed by atoms with Gasteiger partial charge in [0.1, 0.15) is 6.54 Å². The van der Waals surface area contributed by atoms with Gasteiger partial charge in [-0.1, -0.05) is 0 Å². The highest BCUT2D eigenvalue weighted by Gasteiger charge is 2.33. The van der Waals surface area contributed by atoms with Crippen molar-refractivity contribution in [3.63, 3.8) is 0 Å². The standard InChI is InChI=1S/C7H13N3O2/c1-2-9-5-6(11)10(4-3-8)7(9)12/h2-5,8H2,1H3. The molecule has 1 fully saturated rings. The Morgan fingerprint density at radius 1 is 1.50 bits per heavy atom. The molecule has 0 aromatic heterocycles. The second-order valence-electron chi connectivity index (χ2n) is 2.63. The summed E-state index contributed by atoms with van der Waals surface area (Å²) in [5, 5.41) is 0. The van der Waals surface area contributed by atoms with Crippen LogP contribution in [0.1, 0.15) is 6.92 Å². The van der Waals surface area contributed by atoms with Crippen molar-refractivity contribution in [2.75, 3.05) is 26.2 Å². The molecule has 0 spiro atoms. The molecule has 1 aliphatic rings. The van der Waals surface area contributed by atoms with Gasteiger partial charge in [0.2, 0.25) is 5.91 Å². The molecule has 1 rings (SSSR count). The summed E-state index contributed by atoms with van der Waals surface area (Å²) in [7, 11) is 0. The van der Waals surface area contributed by atoms with Gasteiger partial charge in [-0.25, -0.2) is 4.79 Å². The Kier molecular flexibility index (Phi) is 2.65. The normalized spacial score (nSPS) is 17.8. The van der Waals surface area contributed by atoms with Crippen molar-refractivity contribution in [3.05, 3.63) is 0 Å². The van der Waals surface area contributed by atoms with Gasteiger partial charge in [-0.05, 0) is 6.92 Å². The highest BCUT2D eigenvalue weighted by Crippen LogP contribution is 2.08. The van der Waals surface area contributed by atoms with Crippen molar-refractivity contribution >= 4 is 11.9 Å². The first-order valence-corrected chi connectivity index (χ1v) is 4.00. The molecule has 0 unspecified atom stereocenters. The molecule has 0 aromatic carbocycles. The Hall–Kier alpha value is -1.10. The average molecular weight is 171 g/mol. The monoisotopic (exact) mass is 171 g/mol. The number of amides is 3. The maximum atomic E-state index is 11.3. The van der Waals surface area contributed by atoms with Crippen molar-refractivity contribution in [2.45, 2.75) is 6.92 Å². The van der Waals surface area contributed by atoms with Crippen LogP contribution in [-0.4, -0.2) is 47.9 Å². The van der Waals surface area contributed by atoms with Crippen LogP contribution in [0, 0.1) is 0 Å². The van der Waals surface area contributed by atoms with E-state index in [1.54, 1.807) is 0 Å². The van der Waals surface area contributed by atoms with Crippen LogP contribution in [0.2, 0.25) is 0 Å². The van der Waals surface area contributed by atoms with E-state index in [-0.39, 0.29) is 18.5 Å². The largest absolute Gasteiger partial charge is 0.329 e. The van der Waals surface area contributed by atoms with Gasteiger partial charge in [-0.2, -0.15) is 0 Å². The van der Waals surface area contributed by atoms with Crippen molar-refractivity contribution < 1.29 is 9.59 Å². The van der Waals surface area contributed by atoms with E-state index in [1.165, 1.54) is 9.80 Å². The summed E-state index contributed by atoms with van der Waals surface area (Å²) < 4.78 is 0. The molecule has 2 N–H and O–H groups in total. The van der Waals surface area contributed by atoms with Crippen LogP contribution in [0.25, 0.3) is 0 Å². The van der Waals surface area contributed by atoms with E-state index in [0.717, 1.165) is 0 Å². The van der Waals surface area contributed by atoms with E-state index in [4.69, 9.17) is 5.73 Å². The number of hydrogen-bond acceptors (Lipinski definition) is 3. The van der Waals surface area contributed by atoms with Crippen LogP contribution >= 0.6 is 0 Å². The second-order valence-corrected chi connectivity index (χ2v) is 2.63. The lowest BCUT2D eigenvalue weighted by Gasteiger charge is -2.13. The molecule has 3 amide bonds. The van der Waals surface area contributed by atoms with E-state index >= 15 is 0 Å². The van der Waals surface area contributed by atoms with Gasteiger partial charge in [0.15, 0.2) is 0 Å². The zero-order valence-electron chi connectivity index (χ0n) is 7.12. The number of urea groups is 1. The van der Waals surface area contributed by atoms with Gasteiger partial charge < -0.3 is 10.6 Å². The fraction of sp³-hybridized carbons (Fsp3) is 0.714. The molecule has 0 radical (unpaired) electrons. The van der Waals surface area contributed by atoms with E-state index in [9.17, 15) is 9.59 Å². The summed E-state index contributed by atoms with van der Waals surface area (Å²) in [6.45, 7) is 3.28. The molecule has 68 valence electrons. The maximum Gasteiger partial charge on any atom is 0.327 e. The second kappa shape index (κ2) is 3.53. The number of nitrogens with two attached hydrogens (primary N) is 1. The number of likely N-dealkylation sites (N-methyl/N-ethyl adjacent to an activating group) is 1. The minimum atomic E-state index is -0.215. The fourth-order valence-corrected chi connectivity index (χ4v) is 1.19. The zero-order chi connectivity index (χ0) is 9.14. The Morgan fingerprint density at radius 2 is 2.17 bits per heavy atom. The molecule has 1 saturated heterocycles. The summed E-state index contributed by atoms with van der Waals surface area (Å²) in [4.78, 5) is 25.2. The number of carbonyl (C=O) groups is 2. The van der Waals surface area contributed by atoms with Gasteiger partial charge in [0.25, 0.3) is 0 Å². The summed E-state index contributed by atoms with van der Waals surface area (Å²) >= 11 is 0. The minimum Gasteiger partial charge on any atom is -0.329 e. The fourth-order valence-electron chi connectivity index (χ4n) is 1.19. The van der Waals surface area contributed by atoms with Crippen LogP contribution in [0.5, 0.6) is 0 Å². The predicted octanol–water partition coefficient (Wildman–Crippen LogP) is -0.771. The quantitative estimate of drug-likeness (QED) is 0.567. The van der Waals surface area contributed by atoms with Crippen molar-refractivity contribution in [1.82, 2.24) is 9.80 Å². The highest BCUT2D eigenvalue weighted by molar-refractivity contribution is 6.01. The number of nitrogens with zero attached hydrogens (tertiary/aromatic N) is 2. The highest BCUT2D eigenvalue weighted by atomic mass is 16.2. The van der Waals surface area contributed by atoms with Gasteiger partial charge in [0, 0.05) is 19.6 Å². The number of imide groups is 1.